The Labute approximate surface area is 613 Å². The highest BCUT2D eigenvalue weighted by atomic mass is 35.5. The van der Waals surface area contributed by atoms with Crippen molar-refractivity contribution in [2.75, 3.05) is 105 Å². The highest BCUT2D eigenvalue weighted by Crippen LogP contribution is 2.52. The normalized spacial score (nSPS) is 16.5. The Hall–Kier alpha value is -9.83. The molecule has 3 fully saturated rings. The Kier molecular flexibility index (Phi) is 19.7. The molecule has 3 aromatic heterocycles. The third kappa shape index (κ3) is 13.0. The number of fused-ring (bicyclic) bond motifs is 9. The van der Waals surface area contributed by atoms with Crippen LogP contribution in [-0.2, 0) is 27.3 Å². The van der Waals surface area contributed by atoms with Crippen LogP contribution in [0, 0.1) is 33.5 Å². The summed E-state index contributed by atoms with van der Waals surface area (Å²) >= 11 is 6.68. The molecule has 6 heterocycles. The first kappa shape index (κ1) is 70.8. The average Bonchev–Trinajstić information content (AvgIpc) is 1.67. The van der Waals surface area contributed by atoms with Gasteiger partial charge >= 0.3 is 17.9 Å². The number of phenols is 3. The minimum Gasteiger partial charge on any atom is -0.507 e. The van der Waals surface area contributed by atoms with Crippen LogP contribution in [0.1, 0.15) is 137 Å². The molecule has 0 spiro atoms. The van der Waals surface area contributed by atoms with E-state index < -0.39 is 41.9 Å². The molecular formula is C85H86ClFN6O12. The van der Waals surface area contributed by atoms with Crippen molar-refractivity contribution in [3.05, 3.63) is 228 Å². The van der Waals surface area contributed by atoms with Crippen molar-refractivity contribution >= 4 is 94.7 Å². The number of carbonyl (C=O) groups excluding carboxylic acids is 3. The molecule has 0 aliphatic carbocycles. The number of hydrogen-bond donors (Lipinski definition) is 3. The number of rotatable bonds is 19. The molecule has 12 aromatic rings. The lowest BCUT2D eigenvalue weighted by Gasteiger charge is -2.40. The highest BCUT2D eigenvalue weighted by molar-refractivity contribution is 6.30. The van der Waals surface area contributed by atoms with E-state index in [9.17, 15) is 34.1 Å². The number of piperazine rings is 3. The van der Waals surface area contributed by atoms with Gasteiger partial charge in [-0.25, -0.2) is 18.8 Å². The zero-order chi connectivity index (χ0) is 73.2. The van der Waals surface area contributed by atoms with Crippen molar-refractivity contribution in [2.45, 2.75) is 79.7 Å². The van der Waals surface area contributed by atoms with E-state index in [-0.39, 0.29) is 48.2 Å². The van der Waals surface area contributed by atoms with Gasteiger partial charge in [-0.2, -0.15) is 0 Å². The second-order valence-electron chi connectivity index (χ2n) is 28.2. The van der Waals surface area contributed by atoms with Gasteiger partial charge in [-0.05, 0) is 120 Å². The van der Waals surface area contributed by atoms with Crippen LogP contribution in [0.5, 0.6) is 17.2 Å². The molecule has 542 valence electrons. The number of hydrogen-bond acceptors (Lipinski definition) is 18. The van der Waals surface area contributed by atoms with Crippen molar-refractivity contribution in [1.29, 1.82) is 0 Å². The Balaban J connectivity index is 0.757. The van der Waals surface area contributed by atoms with Gasteiger partial charge in [-0.15, -0.1) is 0 Å². The summed E-state index contributed by atoms with van der Waals surface area (Å²) in [6, 6.07) is 40.1. The molecule has 3 N–H and O–H groups in total. The van der Waals surface area contributed by atoms with Crippen molar-refractivity contribution in [3.8, 4) is 17.2 Å². The first-order valence-corrected chi connectivity index (χ1v) is 36.7. The Morgan fingerprint density at radius 2 is 0.771 bits per heavy atom. The molecule has 18 nitrogen and oxygen atoms in total. The van der Waals surface area contributed by atoms with Gasteiger partial charge in [0, 0.05) is 162 Å². The summed E-state index contributed by atoms with van der Waals surface area (Å²) < 4.78 is 51.7. The molecule has 105 heavy (non-hydrogen) atoms. The Morgan fingerprint density at radius 3 is 1.15 bits per heavy atom. The van der Waals surface area contributed by atoms with Crippen LogP contribution in [0.2, 0.25) is 5.02 Å². The standard InChI is InChI=1S/C85H86ClFN6O12/c1-9-100-83(97)65-49(5)103-80-60-15-13-12-14-59(60)77(94)71(68(65)80)76(56-24-28-58(87)29-25-56)93-42-36-90(37-43-93)47-53-19-31-62-64(45-53)79(96)73(70-67(85(99)102-11-3)51(7)105-82(62)70)75(55-22-26-57(86)27-23-55)92-40-34-89(35-41-92)46-52-18-30-61-63(44-52)78(95)72(69-66(84(98)101-10-2)50(6)104-81(61)69)74(54-20-16-48(4)17-21-54)91-38-32-88(8)33-39-91/h12-31,44-45,74-76,94-96H,9-11,32-43,46-47H2,1-8H3. The van der Waals surface area contributed by atoms with E-state index in [1.54, 1.807) is 53.7 Å². The molecule has 3 atom stereocenters. The molecule has 3 saturated heterocycles. The van der Waals surface area contributed by atoms with Crippen molar-refractivity contribution in [1.82, 2.24) is 29.4 Å². The lowest BCUT2D eigenvalue weighted by molar-refractivity contribution is 0.0516. The summed E-state index contributed by atoms with van der Waals surface area (Å²) in [7, 11) is 2.12. The lowest BCUT2D eigenvalue weighted by atomic mass is 9.87. The largest absolute Gasteiger partial charge is 0.507 e. The van der Waals surface area contributed by atoms with Crippen molar-refractivity contribution in [3.63, 3.8) is 0 Å². The third-order valence-corrected chi connectivity index (χ3v) is 22.0. The number of halogens is 2. The minimum atomic E-state index is -0.642. The number of furan rings is 3. The van der Waals surface area contributed by atoms with E-state index in [1.165, 1.54) is 12.1 Å². The number of aryl methyl sites for hydroxylation is 4. The molecule has 9 aromatic carbocycles. The number of phenolic OH excluding ortho intramolecular Hbond substituents is 3. The number of likely N-dealkylation sites (N-methyl/N-ethyl adjacent to an activating group) is 1. The molecule has 3 aliphatic heterocycles. The maximum atomic E-state index is 14.8. The maximum absolute atomic E-state index is 14.8. The lowest BCUT2D eigenvalue weighted by Crippen LogP contribution is -2.47. The van der Waals surface area contributed by atoms with E-state index in [0.717, 1.165) is 59.6 Å². The number of aromatic hydroxyl groups is 3. The predicted octanol–water partition coefficient (Wildman–Crippen LogP) is 16.2. The molecule has 3 unspecified atom stereocenters. The fraction of sp³-hybridized carbons (Fsp3) is 0.329. The number of esters is 3. The maximum Gasteiger partial charge on any atom is 0.342 e. The third-order valence-electron chi connectivity index (χ3n) is 21.7. The zero-order valence-electron chi connectivity index (χ0n) is 60.4. The quantitative estimate of drug-likeness (QED) is 0.0510. The second-order valence-corrected chi connectivity index (χ2v) is 28.6. The van der Waals surface area contributed by atoms with E-state index in [2.05, 4.69) is 79.8 Å². The van der Waals surface area contributed by atoms with Crippen LogP contribution >= 0.6 is 11.6 Å². The smallest absolute Gasteiger partial charge is 0.342 e. The number of carbonyl (C=O) groups is 3. The van der Waals surface area contributed by atoms with Gasteiger partial charge in [0.2, 0.25) is 0 Å². The summed E-state index contributed by atoms with van der Waals surface area (Å²) in [5, 5.41) is 44.7. The van der Waals surface area contributed by atoms with E-state index >= 15 is 0 Å². The summed E-state index contributed by atoms with van der Waals surface area (Å²) in [4.78, 5) is 56.4. The molecular weight excluding hydrogens is 1350 g/mol. The van der Waals surface area contributed by atoms with E-state index in [1.807, 2.05) is 72.8 Å². The van der Waals surface area contributed by atoms with Gasteiger partial charge in [0.25, 0.3) is 0 Å². The van der Waals surface area contributed by atoms with Crippen molar-refractivity contribution in [2.24, 2.45) is 0 Å². The first-order chi connectivity index (χ1) is 50.8. The van der Waals surface area contributed by atoms with Gasteiger partial charge in [0.05, 0.1) is 37.9 Å². The highest BCUT2D eigenvalue weighted by Gasteiger charge is 2.40. The van der Waals surface area contributed by atoms with Gasteiger partial charge in [0.15, 0.2) is 0 Å². The summed E-state index contributed by atoms with van der Waals surface area (Å²) in [5.41, 5.74) is 9.34. The molecule has 0 radical (unpaired) electrons. The Bertz CT molecular complexity index is 5340. The number of ether oxygens (including phenoxy) is 3. The van der Waals surface area contributed by atoms with Crippen LogP contribution in [0.25, 0.3) is 65.2 Å². The van der Waals surface area contributed by atoms with Gasteiger partial charge in [-0.3, -0.25) is 24.5 Å². The molecule has 0 saturated carbocycles. The van der Waals surface area contributed by atoms with Gasteiger partial charge < -0.3 is 47.7 Å². The monoisotopic (exact) mass is 1440 g/mol. The SMILES string of the molecule is CCOC(=O)c1c(C)oc2c1c(C(c1ccc(C)cc1)N1CCN(C)CC1)c(O)c1cc(CN3CCN(C(c4ccc(Cl)cc4)c4c(O)c5cc(CN6CCN(C(c7ccc(F)cc7)c7c(O)c8ccccc8c8oc(C)c(C(=O)OCC)c78)CC6)ccc5c5oc(C)c(C(=O)OCC)c45)CC3)ccc12. The van der Waals surface area contributed by atoms with Crippen LogP contribution in [0.3, 0.4) is 0 Å². The first-order valence-electron chi connectivity index (χ1n) is 36.3. The molecule has 20 heteroatoms. The van der Waals surface area contributed by atoms with Gasteiger partial charge in [-0.1, -0.05) is 114 Å². The predicted molar refractivity (Wildman–Crippen MR) is 406 cm³/mol. The van der Waals surface area contributed by atoms with E-state index in [0.29, 0.717) is 175 Å². The summed E-state index contributed by atoms with van der Waals surface area (Å²) in [5.74, 6) is -0.827. The summed E-state index contributed by atoms with van der Waals surface area (Å²) in [6.07, 6.45) is 0. The average molecular weight is 1440 g/mol. The molecule has 0 bridgehead atoms. The van der Waals surface area contributed by atoms with Crippen LogP contribution < -0.4 is 0 Å². The number of nitrogens with zero attached hydrogens (tertiary/aromatic N) is 6. The van der Waals surface area contributed by atoms with Gasteiger partial charge in [0.1, 0.15) is 73.8 Å². The molecule has 15 rings (SSSR count). The topological polar surface area (TPSA) is 198 Å². The van der Waals surface area contributed by atoms with Crippen LogP contribution in [0.4, 0.5) is 4.39 Å². The molecule has 0 amide bonds. The minimum absolute atomic E-state index is 0.000955. The van der Waals surface area contributed by atoms with Crippen LogP contribution in [-0.4, -0.2) is 168 Å². The Morgan fingerprint density at radius 1 is 0.438 bits per heavy atom. The zero-order valence-corrected chi connectivity index (χ0v) is 61.2. The number of benzene rings is 9. The van der Waals surface area contributed by atoms with Crippen molar-refractivity contribution < 1.29 is 61.6 Å². The fourth-order valence-corrected chi connectivity index (χ4v) is 16.8. The second kappa shape index (κ2) is 29.3. The fourth-order valence-electron chi connectivity index (χ4n) is 16.6. The summed E-state index contributed by atoms with van der Waals surface area (Å²) in [6.45, 7) is 21.7. The van der Waals surface area contributed by atoms with Crippen LogP contribution in [0.15, 0.2) is 147 Å². The molecule has 3 aliphatic rings. The van der Waals surface area contributed by atoms with E-state index in [4.69, 9.17) is 39.1 Å².